The molecule has 2 aromatic rings. The summed E-state index contributed by atoms with van der Waals surface area (Å²) in [6, 6.07) is 17.1. The van der Waals surface area contributed by atoms with Crippen LogP contribution in [0.5, 0.6) is 0 Å². The smallest absolute Gasteiger partial charge is 0.0229 e. The first-order valence-corrected chi connectivity index (χ1v) is 7.97. The van der Waals surface area contributed by atoms with Crippen LogP contribution in [0, 0.1) is 0 Å². The first-order chi connectivity index (χ1) is 8.47. The highest BCUT2D eigenvalue weighted by molar-refractivity contribution is 8.78. The molecule has 84 valence electrons. The first-order valence-electron chi connectivity index (χ1n) is 5.59. The standard InChI is InChI=1S/C12H8.C3H4S2/c1-2-6-10-9(5-1)11-7-3-4-8-12(10)11;1-2-4-5-3-1/h1-8H;1-2H,3H2. The van der Waals surface area contributed by atoms with E-state index in [0.717, 1.165) is 0 Å². The number of rotatable bonds is 0. The SMILES string of the molecule is C1=CSSC1.c1ccc2c(c1)-c1ccccc1-2. The van der Waals surface area contributed by atoms with Gasteiger partial charge in [0.2, 0.25) is 0 Å². The third-order valence-corrected chi connectivity index (χ3v) is 4.74. The Morgan fingerprint density at radius 2 is 1.18 bits per heavy atom. The van der Waals surface area contributed by atoms with Gasteiger partial charge in [0, 0.05) is 5.75 Å². The van der Waals surface area contributed by atoms with E-state index in [4.69, 9.17) is 0 Å². The van der Waals surface area contributed by atoms with Crippen LogP contribution in [0.1, 0.15) is 0 Å². The maximum absolute atomic E-state index is 2.18. The molecular weight excluding hydrogens is 244 g/mol. The Morgan fingerprint density at radius 1 is 0.706 bits per heavy atom. The average Bonchev–Trinajstić information content (AvgIpc) is 2.95. The third-order valence-electron chi connectivity index (χ3n) is 2.82. The van der Waals surface area contributed by atoms with E-state index in [1.165, 1.54) is 28.0 Å². The lowest BCUT2D eigenvalue weighted by atomic mass is 9.81. The molecule has 0 saturated carbocycles. The van der Waals surface area contributed by atoms with E-state index in [-0.39, 0.29) is 0 Å². The summed E-state index contributed by atoms with van der Waals surface area (Å²) in [6.07, 6.45) is 2.16. The topological polar surface area (TPSA) is 0 Å². The Bertz CT molecular complexity index is 452. The van der Waals surface area contributed by atoms with Crippen molar-refractivity contribution in [3.63, 3.8) is 0 Å². The molecule has 2 aromatic carbocycles. The fraction of sp³-hybridized carbons (Fsp3) is 0.0667. The Kier molecular flexibility index (Phi) is 3.25. The Hall–Kier alpha value is -1.12. The van der Waals surface area contributed by atoms with Gasteiger partial charge >= 0.3 is 0 Å². The van der Waals surface area contributed by atoms with Crippen LogP contribution in [0.25, 0.3) is 22.3 Å². The molecule has 1 aliphatic heterocycles. The Morgan fingerprint density at radius 3 is 1.41 bits per heavy atom. The number of benzene rings is 2. The van der Waals surface area contributed by atoms with Crippen molar-refractivity contribution in [2.45, 2.75) is 0 Å². The summed E-state index contributed by atoms with van der Waals surface area (Å²) in [4.78, 5) is 0. The zero-order valence-corrected chi connectivity index (χ0v) is 10.9. The van der Waals surface area contributed by atoms with E-state index in [1.54, 1.807) is 0 Å². The molecule has 0 spiro atoms. The second-order valence-corrected chi connectivity index (χ2v) is 6.16. The second kappa shape index (κ2) is 5.03. The largest absolute Gasteiger partial charge is 0.0854 e. The van der Waals surface area contributed by atoms with Crippen molar-refractivity contribution in [3.05, 3.63) is 60.0 Å². The molecule has 2 heteroatoms. The van der Waals surface area contributed by atoms with Gasteiger partial charge in [0.1, 0.15) is 0 Å². The zero-order chi connectivity index (χ0) is 11.5. The second-order valence-electron chi connectivity index (χ2n) is 3.84. The molecule has 0 unspecified atom stereocenters. The summed E-state index contributed by atoms with van der Waals surface area (Å²) in [5.41, 5.74) is 5.59. The summed E-state index contributed by atoms with van der Waals surface area (Å²) in [5.74, 6) is 1.20. The maximum atomic E-state index is 2.18. The Balaban J connectivity index is 0.000000153. The van der Waals surface area contributed by atoms with Gasteiger partial charge in [-0.25, -0.2) is 0 Å². The lowest BCUT2D eigenvalue weighted by molar-refractivity contribution is 1.52. The van der Waals surface area contributed by atoms with Gasteiger partial charge < -0.3 is 0 Å². The van der Waals surface area contributed by atoms with Crippen LogP contribution < -0.4 is 0 Å². The molecular formula is C15H12S2. The van der Waals surface area contributed by atoms with Gasteiger partial charge in [-0.05, 0) is 27.7 Å². The molecule has 0 bridgehead atoms. The van der Waals surface area contributed by atoms with Crippen molar-refractivity contribution >= 4 is 21.6 Å². The lowest BCUT2D eigenvalue weighted by Gasteiger charge is -2.22. The van der Waals surface area contributed by atoms with E-state index in [2.05, 4.69) is 60.0 Å². The third kappa shape index (κ3) is 2.15. The van der Waals surface area contributed by atoms with Crippen molar-refractivity contribution in [2.75, 3.05) is 5.75 Å². The van der Waals surface area contributed by atoms with Crippen LogP contribution in [0.15, 0.2) is 60.0 Å². The van der Waals surface area contributed by atoms with Crippen molar-refractivity contribution in [1.29, 1.82) is 0 Å². The summed E-state index contributed by atoms with van der Waals surface area (Å²) in [6.45, 7) is 0. The Labute approximate surface area is 110 Å². The van der Waals surface area contributed by atoms with Gasteiger partial charge in [-0.1, -0.05) is 76.2 Å². The number of hydrogen-bond donors (Lipinski definition) is 0. The van der Waals surface area contributed by atoms with E-state index in [0.29, 0.717) is 0 Å². The highest BCUT2D eigenvalue weighted by Crippen LogP contribution is 2.46. The van der Waals surface area contributed by atoms with Crippen LogP contribution in [0.2, 0.25) is 0 Å². The quantitative estimate of drug-likeness (QED) is 0.505. The molecule has 2 aliphatic rings. The van der Waals surface area contributed by atoms with Gasteiger partial charge in [-0.3, -0.25) is 0 Å². The van der Waals surface area contributed by atoms with Gasteiger partial charge in [0.25, 0.3) is 0 Å². The molecule has 0 saturated heterocycles. The molecule has 0 fully saturated rings. The fourth-order valence-electron chi connectivity index (χ4n) is 2.04. The van der Waals surface area contributed by atoms with E-state index < -0.39 is 0 Å². The van der Waals surface area contributed by atoms with Crippen LogP contribution in [-0.4, -0.2) is 5.75 Å². The average molecular weight is 256 g/mol. The predicted octanol–water partition coefficient (Wildman–Crippen LogP) is 5.23. The van der Waals surface area contributed by atoms with Crippen LogP contribution in [-0.2, 0) is 0 Å². The highest BCUT2D eigenvalue weighted by Gasteiger charge is 2.19. The van der Waals surface area contributed by atoms with Crippen LogP contribution in [0.3, 0.4) is 0 Å². The molecule has 0 atom stereocenters. The van der Waals surface area contributed by atoms with Gasteiger partial charge in [0.15, 0.2) is 0 Å². The molecule has 4 rings (SSSR count). The monoisotopic (exact) mass is 256 g/mol. The zero-order valence-electron chi connectivity index (χ0n) is 9.30. The minimum absolute atomic E-state index is 1.20. The molecule has 0 radical (unpaired) electrons. The van der Waals surface area contributed by atoms with Crippen molar-refractivity contribution in [3.8, 4) is 22.3 Å². The molecule has 1 heterocycles. The minimum Gasteiger partial charge on any atom is -0.0854 e. The molecule has 0 amide bonds. The molecule has 0 aromatic heterocycles. The highest BCUT2D eigenvalue weighted by atomic mass is 33.1. The number of hydrogen-bond acceptors (Lipinski definition) is 2. The van der Waals surface area contributed by atoms with E-state index in [9.17, 15) is 0 Å². The normalized spacial score (nSPS) is 14.1. The van der Waals surface area contributed by atoms with Gasteiger partial charge in [0.05, 0.1) is 0 Å². The summed E-state index contributed by atoms with van der Waals surface area (Å²) in [5, 5.41) is 2.12. The minimum atomic E-state index is 1.20. The van der Waals surface area contributed by atoms with Crippen LogP contribution in [0.4, 0.5) is 0 Å². The number of fused-ring (bicyclic) bond motifs is 4. The van der Waals surface area contributed by atoms with Crippen molar-refractivity contribution in [2.24, 2.45) is 0 Å². The summed E-state index contributed by atoms with van der Waals surface area (Å²) < 4.78 is 0. The molecule has 1 aliphatic carbocycles. The van der Waals surface area contributed by atoms with Crippen molar-refractivity contribution in [1.82, 2.24) is 0 Å². The molecule has 17 heavy (non-hydrogen) atoms. The first kappa shape index (κ1) is 11.0. The van der Waals surface area contributed by atoms with E-state index >= 15 is 0 Å². The predicted molar refractivity (Wildman–Crippen MR) is 80.1 cm³/mol. The molecule has 0 nitrogen and oxygen atoms in total. The van der Waals surface area contributed by atoms with Gasteiger partial charge in [-0.2, -0.15) is 0 Å². The van der Waals surface area contributed by atoms with Gasteiger partial charge in [-0.15, -0.1) is 0 Å². The lowest BCUT2D eigenvalue weighted by Crippen LogP contribution is -1.96. The molecule has 0 N–H and O–H groups in total. The fourth-order valence-corrected chi connectivity index (χ4v) is 3.61. The summed E-state index contributed by atoms with van der Waals surface area (Å²) >= 11 is 0. The summed E-state index contributed by atoms with van der Waals surface area (Å²) in [7, 11) is 3.69. The van der Waals surface area contributed by atoms with Crippen LogP contribution >= 0.6 is 21.6 Å². The van der Waals surface area contributed by atoms with E-state index in [1.807, 2.05) is 21.6 Å². The van der Waals surface area contributed by atoms with Crippen molar-refractivity contribution < 1.29 is 0 Å². The maximum Gasteiger partial charge on any atom is 0.0229 e.